The van der Waals surface area contributed by atoms with E-state index in [9.17, 15) is 4.79 Å². The normalized spacial score (nSPS) is 21.0. The minimum Gasteiger partial charge on any atom is -0.294 e. The van der Waals surface area contributed by atoms with Gasteiger partial charge in [-0.15, -0.1) is 11.3 Å². The molecule has 2 unspecified atom stereocenters. The number of ketones is 1. The van der Waals surface area contributed by atoms with Crippen molar-refractivity contribution in [3.8, 4) is 0 Å². The molecule has 1 fully saturated rings. The molecule has 1 aliphatic carbocycles. The maximum Gasteiger partial charge on any atom is 0.168 e. The molecule has 0 saturated heterocycles. The molecule has 3 aromatic rings. The SMILES string of the molecule is O=C(c1cccc2ccsc12)C1CC1c1ccccc1. The van der Waals surface area contributed by atoms with Gasteiger partial charge < -0.3 is 0 Å². The van der Waals surface area contributed by atoms with Crippen molar-refractivity contribution in [3.05, 3.63) is 71.1 Å². The third kappa shape index (κ3) is 1.88. The van der Waals surface area contributed by atoms with E-state index in [1.54, 1.807) is 11.3 Å². The minimum absolute atomic E-state index is 0.171. The van der Waals surface area contributed by atoms with Crippen molar-refractivity contribution < 1.29 is 4.79 Å². The molecule has 1 saturated carbocycles. The first-order valence-corrected chi connectivity index (χ1v) is 7.78. The summed E-state index contributed by atoms with van der Waals surface area (Å²) in [4.78, 5) is 12.7. The summed E-state index contributed by atoms with van der Waals surface area (Å²) < 4.78 is 1.14. The van der Waals surface area contributed by atoms with Crippen molar-refractivity contribution in [1.82, 2.24) is 0 Å². The first-order chi connectivity index (χ1) is 9.84. The number of hydrogen-bond donors (Lipinski definition) is 0. The van der Waals surface area contributed by atoms with Crippen LogP contribution in [-0.2, 0) is 0 Å². The summed E-state index contributed by atoms with van der Waals surface area (Å²) in [5.74, 6) is 0.899. The van der Waals surface area contributed by atoms with E-state index in [1.165, 1.54) is 10.9 Å². The van der Waals surface area contributed by atoms with E-state index in [0.717, 1.165) is 16.7 Å². The summed E-state index contributed by atoms with van der Waals surface area (Å²) in [6, 6.07) is 18.5. The van der Waals surface area contributed by atoms with E-state index in [1.807, 2.05) is 18.2 Å². The van der Waals surface area contributed by atoms with Gasteiger partial charge in [0.25, 0.3) is 0 Å². The van der Waals surface area contributed by atoms with Crippen molar-refractivity contribution in [2.75, 3.05) is 0 Å². The number of benzene rings is 2. The lowest BCUT2D eigenvalue weighted by Gasteiger charge is -2.03. The molecule has 0 amide bonds. The maximum absolute atomic E-state index is 12.7. The number of hydrogen-bond acceptors (Lipinski definition) is 2. The number of rotatable bonds is 3. The highest BCUT2D eigenvalue weighted by molar-refractivity contribution is 7.17. The van der Waals surface area contributed by atoms with E-state index in [0.29, 0.717) is 11.7 Å². The lowest BCUT2D eigenvalue weighted by molar-refractivity contribution is 0.0967. The fourth-order valence-corrected chi connectivity index (χ4v) is 3.86. The van der Waals surface area contributed by atoms with Gasteiger partial charge in [0.15, 0.2) is 5.78 Å². The van der Waals surface area contributed by atoms with Gasteiger partial charge in [-0.05, 0) is 40.8 Å². The van der Waals surface area contributed by atoms with Crippen molar-refractivity contribution in [2.24, 2.45) is 5.92 Å². The van der Waals surface area contributed by atoms with E-state index in [4.69, 9.17) is 0 Å². The monoisotopic (exact) mass is 278 g/mol. The van der Waals surface area contributed by atoms with Crippen LogP contribution in [0.5, 0.6) is 0 Å². The Morgan fingerprint density at radius 2 is 1.85 bits per heavy atom. The van der Waals surface area contributed by atoms with Gasteiger partial charge in [-0.3, -0.25) is 4.79 Å². The smallest absolute Gasteiger partial charge is 0.168 e. The predicted molar refractivity (Wildman–Crippen MR) is 83.4 cm³/mol. The molecule has 2 aromatic carbocycles. The van der Waals surface area contributed by atoms with Gasteiger partial charge in [-0.2, -0.15) is 0 Å². The number of carbonyl (C=O) groups is 1. The molecule has 1 aromatic heterocycles. The van der Waals surface area contributed by atoms with Crippen LogP contribution in [0.4, 0.5) is 0 Å². The van der Waals surface area contributed by atoms with Gasteiger partial charge in [0, 0.05) is 16.2 Å². The van der Waals surface area contributed by atoms with Gasteiger partial charge in [0.1, 0.15) is 0 Å². The largest absolute Gasteiger partial charge is 0.294 e. The van der Waals surface area contributed by atoms with Crippen LogP contribution in [0.15, 0.2) is 60.0 Å². The zero-order valence-corrected chi connectivity index (χ0v) is 11.8. The highest BCUT2D eigenvalue weighted by Crippen LogP contribution is 2.49. The summed E-state index contributed by atoms with van der Waals surface area (Å²) in [6.07, 6.45) is 0.991. The summed E-state index contributed by atoms with van der Waals surface area (Å²) in [5, 5.41) is 3.24. The van der Waals surface area contributed by atoms with Crippen molar-refractivity contribution in [2.45, 2.75) is 12.3 Å². The average molecular weight is 278 g/mol. The minimum atomic E-state index is 0.171. The molecule has 0 spiro atoms. The van der Waals surface area contributed by atoms with Crippen LogP contribution in [0.3, 0.4) is 0 Å². The van der Waals surface area contributed by atoms with Gasteiger partial charge in [-0.25, -0.2) is 0 Å². The van der Waals surface area contributed by atoms with E-state index >= 15 is 0 Å². The maximum atomic E-state index is 12.7. The molecule has 1 heterocycles. The molecule has 0 aliphatic heterocycles. The van der Waals surface area contributed by atoms with Gasteiger partial charge in [-0.1, -0.05) is 42.5 Å². The van der Waals surface area contributed by atoms with E-state index in [-0.39, 0.29) is 5.92 Å². The van der Waals surface area contributed by atoms with Crippen LogP contribution in [0, 0.1) is 5.92 Å². The number of carbonyl (C=O) groups excluding carboxylic acids is 1. The molecule has 0 radical (unpaired) electrons. The van der Waals surface area contributed by atoms with Crippen LogP contribution in [0.25, 0.3) is 10.1 Å². The zero-order valence-electron chi connectivity index (χ0n) is 11.0. The highest BCUT2D eigenvalue weighted by Gasteiger charge is 2.44. The number of fused-ring (bicyclic) bond motifs is 1. The lowest BCUT2D eigenvalue weighted by Crippen LogP contribution is -2.03. The Labute approximate surface area is 121 Å². The van der Waals surface area contributed by atoms with Crippen molar-refractivity contribution in [1.29, 1.82) is 0 Å². The van der Waals surface area contributed by atoms with Crippen LogP contribution in [-0.4, -0.2) is 5.78 Å². The average Bonchev–Trinajstić information content (AvgIpc) is 3.16. The summed E-state index contributed by atoms with van der Waals surface area (Å²) in [6.45, 7) is 0. The Hall–Kier alpha value is -1.93. The van der Waals surface area contributed by atoms with Crippen LogP contribution < -0.4 is 0 Å². The Morgan fingerprint density at radius 1 is 1.00 bits per heavy atom. The molecule has 2 atom stereocenters. The topological polar surface area (TPSA) is 17.1 Å². The Balaban J connectivity index is 1.65. The first-order valence-electron chi connectivity index (χ1n) is 6.90. The molecule has 1 nitrogen and oxygen atoms in total. The van der Waals surface area contributed by atoms with Crippen LogP contribution >= 0.6 is 11.3 Å². The number of thiophene rings is 1. The van der Waals surface area contributed by atoms with Crippen molar-refractivity contribution >= 4 is 27.2 Å². The molecule has 4 rings (SSSR count). The Morgan fingerprint density at radius 3 is 2.70 bits per heavy atom. The van der Waals surface area contributed by atoms with Crippen molar-refractivity contribution in [3.63, 3.8) is 0 Å². The molecule has 98 valence electrons. The van der Waals surface area contributed by atoms with Gasteiger partial charge >= 0.3 is 0 Å². The first kappa shape index (κ1) is 11.9. The fraction of sp³-hybridized carbons (Fsp3) is 0.167. The Kier molecular flexibility index (Phi) is 2.71. The summed E-state index contributed by atoms with van der Waals surface area (Å²) in [7, 11) is 0. The van der Waals surface area contributed by atoms with Gasteiger partial charge in [0.05, 0.1) is 0 Å². The molecular formula is C18H14OS. The lowest BCUT2D eigenvalue weighted by atomic mass is 10.0. The van der Waals surface area contributed by atoms with E-state index < -0.39 is 0 Å². The quantitative estimate of drug-likeness (QED) is 0.623. The zero-order chi connectivity index (χ0) is 13.5. The Bertz CT molecular complexity index is 772. The second-order valence-corrected chi connectivity index (χ2v) is 6.28. The van der Waals surface area contributed by atoms with Crippen LogP contribution in [0.2, 0.25) is 0 Å². The number of Topliss-reactive ketones (excluding diaryl/α,β-unsaturated/α-hetero) is 1. The molecule has 2 heteroatoms. The molecule has 1 aliphatic rings. The third-order valence-corrected chi connectivity index (χ3v) is 5.06. The molecule has 0 bridgehead atoms. The van der Waals surface area contributed by atoms with Crippen LogP contribution in [0.1, 0.15) is 28.3 Å². The fourth-order valence-electron chi connectivity index (χ4n) is 2.94. The second-order valence-electron chi connectivity index (χ2n) is 5.37. The predicted octanol–water partition coefficient (Wildman–Crippen LogP) is 4.89. The molecular weight excluding hydrogens is 264 g/mol. The third-order valence-electron chi connectivity index (χ3n) is 4.10. The molecule has 0 N–H and O–H groups in total. The second kappa shape index (κ2) is 4.57. The summed E-state index contributed by atoms with van der Waals surface area (Å²) >= 11 is 1.66. The van der Waals surface area contributed by atoms with Gasteiger partial charge in [0.2, 0.25) is 0 Å². The van der Waals surface area contributed by atoms with E-state index in [2.05, 4.69) is 41.8 Å². The standard InChI is InChI=1S/C18H14OS/c19-17(14-8-4-7-13-9-10-20-18(13)14)16-11-15(16)12-5-2-1-3-6-12/h1-10,15-16H,11H2. The summed E-state index contributed by atoms with van der Waals surface area (Å²) in [5.41, 5.74) is 2.20. The molecule has 20 heavy (non-hydrogen) atoms. The highest BCUT2D eigenvalue weighted by atomic mass is 32.1.